The Hall–Kier alpha value is -2.79. The lowest BCUT2D eigenvalue weighted by atomic mass is 10.1. The van der Waals surface area contributed by atoms with Gasteiger partial charge in [-0.05, 0) is 41.5 Å². The Labute approximate surface area is 143 Å². The number of rotatable bonds is 4. The average molecular weight is 342 g/mol. The monoisotopic (exact) mass is 341 g/mol. The van der Waals surface area contributed by atoms with Gasteiger partial charge in [-0.2, -0.15) is 0 Å². The summed E-state index contributed by atoms with van der Waals surface area (Å²) < 4.78 is 13.2. The van der Waals surface area contributed by atoms with Crippen LogP contribution in [0.4, 0.5) is 10.2 Å². The number of halogens is 2. The van der Waals surface area contributed by atoms with Crippen LogP contribution in [0, 0.1) is 5.82 Å². The van der Waals surface area contributed by atoms with Crippen LogP contribution in [0.3, 0.4) is 0 Å². The lowest BCUT2D eigenvalue weighted by Crippen LogP contribution is -2.15. The third kappa shape index (κ3) is 4.14. The van der Waals surface area contributed by atoms with Crippen molar-refractivity contribution in [1.82, 2.24) is 9.97 Å². The molecule has 2 heterocycles. The standard InChI is InChI=1S/C18H13ClFN3O/c19-15-6-12(9-21-11-15)7-18(24)23-17-5-4-14(10-22-17)13-2-1-3-16(20)8-13/h1-6,8-11H,7H2,(H,22,23,24). The summed E-state index contributed by atoms with van der Waals surface area (Å²) in [5.74, 6) is -0.0970. The van der Waals surface area contributed by atoms with E-state index in [4.69, 9.17) is 11.6 Å². The SMILES string of the molecule is O=C(Cc1cncc(Cl)c1)Nc1ccc(-c2cccc(F)c2)cn1. The molecule has 0 saturated heterocycles. The summed E-state index contributed by atoms with van der Waals surface area (Å²) in [6, 6.07) is 11.4. The van der Waals surface area contributed by atoms with Crippen LogP contribution in [0.25, 0.3) is 11.1 Å². The number of anilines is 1. The number of carbonyl (C=O) groups excluding carboxylic acids is 1. The number of pyridine rings is 2. The van der Waals surface area contributed by atoms with Gasteiger partial charge in [0.25, 0.3) is 0 Å². The predicted octanol–water partition coefficient (Wildman–Crippen LogP) is 4.12. The largest absolute Gasteiger partial charge is 0.310 e. The Morgan fingerprint density at radius 2 is 1.96 bits per heavy atom. The van der Waals surface area contributed by atoms with Gasteiger partial charge in [0.2, 0.25) is 5.91 Å². The molecule has 0 fully saturated rings. The third-order valence-electron chi connectivity index (χ3n) is 3.32. The average Bonchev–Trinajstić information content (AvgIpc) is 2.55. The summed E-state index contributed by atoms with van der Waals surface area (Å²) in [4.78, 5) is 20.1. The molecule has 2 aromatic heterocycles. The van der Waals surface area contributed by atoms with Gasteiger partial charge in [0.1, 0.15) is 11.6 Å². The maximum atomic E-state index is 13.2. The van der Waals surface area contributed by atoms with Crippen molar-refractivity contribution in [2.45, 2.75) is 6.42 Å². The van der Waals surface area contributed by atoms with Crippen molar-refractivity contribution in [3.63, 3.8) is 0 Å². The molecule has 1 amide bonds. The van der Waals surface area contributed by atoms with E-state index in [0.717, 1.165) is 16.7 Å². The number of aromatic nitrogens is 2. The quantitative estimate of drug-likeness (QED) is 0.776. The molecule has 0 saturated carbocycles. The number of carbonyl (C=O) groups is 1. The highest BCUT2D eigenvalue weighted by Gasteiger charge is 2.07. The molecule has 1 aromatic carbocycles. The van der Waals surface area contributed by atoms with Crippen molar-refractivity contribution in [1.29, 1.82) is 0 Å². The second kappa shape index (κ2) is 7.19. The molecule has 0 aliphatic heterocycles. The molecule has 4 nitrogen and oxygen atoms in total. The molecular formula is C18H13ClFN3O. The van der Waals surface area contributed by atoms with Gasteiger partial charge in [-0.25, -0.2) is 9.37 Å². The fourth-order valence-electron chi connectivity index (χ4n) is 2.23. The van der Waals surface area contributed by atoms with Gasteiger partial charge in [-0.15, -0.1) is 0 Å². The molecule has 120 valence electrons. The minimum Gasteiger partial charge on any atom is -0.310 e. The molecule has 3 rings (SSSR count). The van der Waals surface area contributed by atoms with Crippen LogP contribution in [0.5, 0.6) is 0 Å². The molecule has 1 N–H and O–H groups in total. The minimum absolute atomic E-state index is 0.154. The molecule has 0 bridgehead atoms. The predicted molar refractivity (Wildman–Crippen MR) is 91.2 cm³/mol. The molecule has 6 heteroatoms. The van der Waals surface area contributed by atoms with Crippen molar-refractivity contribution >= 4 is 23.3 Å². The minimum atomic E-state index is -0.306. The summed E-state index contributed by atoms with van der Waals surface area (Å²) in [5, 5.41) is 3.19. The molecule has 0 radical (unpaired) electrons. The molecular weight excluding hydrogens is 329 g/mol. The van der Waals surface area contributed by atoms with Crippen LogP contribution >= 0.6 is 11.6 Å². The molecule has 0 aliphatic rings. The van der Waals surface area contributed by atoms with Gasteiger partial charge in [-0.3, -0.25) is 9.78 Å². The normalized spacial score (nSPS) is 10.4. The van der Waals surface area contributed by atoms with E-state index < -0.39 is 0 Å². The van der Waals surface area contributed by atoms with Gasteiger partial charge in [-0.1, -0.05) is 23.7 Å². The van der Waals surface area contributed by atoms with Gasteiger partial charge >= 0.3 is 0 Å². The van der Waals surface area contributed by atoms with E-state index in [1.54, 1.807) is 42.7 Å². The first kappa shape index (κ1) is 16.1. The first-order valence-corrected chi connectivity index (χ1v) is 7.59. The van der Waals surface area contributed by atoms with Crippen LogP contribution in [0.15, 0.2) is 61.1 Å². The Morgan fingerprint density at radius 3 is 2.67 bits per heavy atom. The molecule has 0 unspecified atom stereocenters. The smallest absolute Gasteiger partial charge is 0.230 e. The molecule has 0 aliphatic carbocycles. The van der Waals surface area contributed by atoms with Crippen LogP contribution in [-0.4, -0.2) is 15.9 Å². The summed E-state index contributed by atoms with van der Waals surface area (Å²) in [7, 11) is 0. The highest BCUT2D eigenvalue weighted by molar-refractivity contribution is 6.30. The molecule has 0 atom stereocenters. The number of nitrogens with zero attached hydrogens (tertiary/aromatic N) is 2. The first-order valence-electron chi connectivity index (χ1n) is 7.21. The summed E-state index contributed by atoms with van der Waals surface area (Å²) in [6.45, 7) is 0. The van der Waals surface area contributed by atoms with Crippen molar-refractivity contribution in [3.05, 3.63) is 77.5 Å². The fraction of sp³-hybridized carbons (Fsp3) is 0.0556. The second-order valence-electron chi connectivity index (χ2n) is 5.18. The zero-order valence-corrected chi connectivity index (χ0v) is 13.3. The Kier molecular flexibility index (Phi) is 4.82. The van der Waals surface area contributed by atoms with E-state index in [1.165, 1.54) is 18.3 Å². The zero-order valence-electron chi connectivity index (χ0n) is 12.5. The maximum absolute atomic E-state index is 13.2. The van der Waals surface area contributed by atoms with Gasteiger partial charge < -0.3 is 5.32 Å². The number of hydrogen-bond donors (Lipinski definition) is 1. The highest BCUT2D eigenvalue weighted by Crippen LogP contribution is 2.20. The topological polar surface area (TPSA) is 54.9 Å². The number of benzene rings is 1. The van der Waals surface area contributed by atoms with E-state index in [-0.39, 0.29) is 18.1 Å². The molecule has 24 heavy (non-hydrogen) atoms. The summed E-state index contributed by atoms with van der Waals surface area (Å²) in [6.07, 6.45) is 4.84. The van der Waals surface area contributed by atoms with Gasteiger partial charge in [0.05, 0.1) is 11.4 Å². The van der Waals surface area contributed by atoms with Crippen LogP contribution in [0.1, 0.15) is 5.56 Å². The Balaban J connectivity index is 1.66. The van der Waals surface area contributed by atoms with E-state index in [1.807, 2.05) is 0 Å². The van der Waals surface area contributed by atoms with E-state index in [0.29, 0.717) is 10.8 Å². The van der Waals surface area contributed by atoms with Crippen molar-refractivity contribution < 1.29 is 9.18 Å². The molecule has 0 spiro atoms. The number of hydrogen-bond acceptors (Lipinski definition) is 3. The fourth-order valence-corrected chi connectivity index (χ4v) is 2.43. The van der Waals surface area contributed by atoms with Crippen molar-refractivity contribution in [3.8, 4) is 11.1 Å². The third-order valence-corrected chi connectivity index (χ3v) is 3.52. The van der Waals surface area contributed by atoms with Gasteiger partial charge in [0.15, 0.2) is 0 Å². The summed E-state index contributed by atoms with van der Waals surface area (Å²) in [5.41, 5.74) is 2.22. The number of nitrogens with one attached hydrogen (secondary N) is 1. The lowest BCUT2D eigenvalue weighted by Gasteiger charge is -2.06. The Morgan fingerprint density at radius 1 is 1.08 bits per heavy atom. The van der Waals surface area contributed by atoms with E-state index >= 15 is 0 Å². The van der Waals surface area contributed by atoms with E-state index in [2.05, 4.69) is 15.3 Å². The van der Waals surface area contributed by atoms with Crippen molar-refractivity contribution in [2.75, 3.05) is 5.32 Å². The van der Waals surface area contributed by atoms with Crippen LogP contribution in [-0.2, 0) is 11.2 Å². The summed E-state index contributed by atoms with van der Waals surface area (Å²) >= 11 is 5.84. The van der Waals surface area contributed by atoms with Crippen LogP contribution in [0.2, 0.25) is 5.02 Å². The maximum Gasteiger partial charge on any atom is 0.230 e. The second-order valence-corrected chi connectivity index (χ2v) is 5.62. The van der Waals surface area contributed by atoms with Gasteiger partial charge in [0, 0.05) is 24.2 Å². The lowest BCUT2D eigenvalue weighted by molar-refractivity contribution is -0.115. The number of amides is 1. The van der Waals surface area contributed by atoms with E-state index in [9.17, 15) is 9.18 Å². The molecule has 3 aromatic rings. The first-order chi connectivity index (χ1) is 11.6. The van der Waals surface area contributed by atoms with Crippen LogP contribution < -0.4 is 5.32 Å². The van der Waals surface area contributed by atoms with Crippen molar-refractivity contribution in [2.24, 2.45) is 0 Å². The Bertz CT molecular complexity index is 868. The zero-order chi connectivity index (χ0) is 16.9. The highest BCUT2D eigenvalue weighted by atomic mass is 35.5.